The third kappa shape index (κ3) is 5.54. The molecule has 1 rings (SSSR count). The molecule has 3 heteroatoms. The van der Waals surface area contributed by atoms with Gasteiger partial charge in [-0.1, -0.05) is 0 Å². The zero-order chi connectivity index (χ0) is 15.7. The van der Waals surface area contributed by atoms with Gasteiger partial charge in [-0.25, -0.2) is 0 Å². The van der Waals surface area contributed by atoms with Crippen molar-refractivity contribution in [3.63, 3.8) is 0 Å². The molecule has 2 nitrogen and oxygen atoms in total. The van der Waals surface area contributed by atoms with Crippen molar-refractivity contribution in [1.82, 2.24) is 5.32 Å². The van der Waals surface area contributed by atoms with Gasteiger partial charge >= 0.3 is 137 Å². The van der Waals surface area contributed by atoms with E-state index in [-0.39, 0.29) is 6.10 Å². The predicted molar refractivity (Wildman–Crippen MR) is 96.5 cm³/mol. The number of hydrogen-bond donors (Lipinski definition) is 2. The first-order chi connectivity index (χ1) is 10.1. The molecule has 0 saturated heterocycles. The fourth-order valence-electron chi connectivity index (χ4n) is 3.81. The van der Waals surface area contributed by atoms with Crippen molar-refractivity contribution in [2.24, 2.45) is 0 Å². The van der Waals surface area contributed by atoms with Gasteiger partial charge in [-0.05, 0) is 0 Å². The molecule has 0 aliphatic carbocycles. The van der Waals surface area contributed by atoms with E-state index in [0.717, 1.165) is 13.1 Å². The molecule has 0 radical (unpaired) electrons. The van der Waals surface area contributed by atoms with Crippen LogP contribution in [0, 0.1) is 0 Å². The Morgan fingerprint density at radius 1 is 1.00 bits per heavy atom. The van der Waals surface area contributed by atoms with Crippen LogP contribution < -0.4 is 5.32 Å². The molecular formula is C18H37NOSn. The molecule has 1 aliphatic rings. The monoisotopic (exact) mass is 403 g/mol. The molecule has 0 aromatic carbocycles. The van der Waals surface area contributed by atoms with Crippen LogP contribution in [0.15, 0.2) is 9.16 Å². The van der Waals surface area contributed by atoms with E-state index in [4.69, 9.17) is 0 Å². The summed E-state index contributed by atoms with van der Waals surface area (Å²) in [6, 6.07) is 0. The average molecular weight is 402 g/mol. The molecule has 0 aromatic heterocycles. The molecule has 1 unspecified atom stereocenters. The zero-order valence-corrected chi connectivity index (χ0v) is 17.7. The van der Waals surface area contributed by atoms with Crippen LogP contribution in [0.25, 0.3) is 0 Å². The summed E-state index contributed by atoms with van der Waals surface area (Å²) < 4.78 is 6.27. The van der Waals surface area contributed by atoms with Gasteiger partial charge in [0, 0.05) is 0 Å². The number of aliphatic hydroxyl groups excluding tert-OH is 1. The van der Waals surface area contributed by atoms with Gasteiger partial charge in [0.05, 0.1) is 0 Å². The number of nitrogens with one attached hydrogen (secondary N) is 1. The van der Waals surface area contributed by atoms with E-state index in [9.17, 15) is 5.11 Å². The summed E-state index contributed by atoms with van der Waals surface area (Å²) in [4.78, 5) is 0. The van der Waals surface area contributed by atoms with Gasteiger partial charge in [-0.2, -0.15) is 0 Å². The number of β-amino-alcohol motifs (C(OH)–C–C–N with tert-alkyl or cyclic N) is 1. The topological polar surface area (TPSA) is 32.3 Å². The first kappa shape index (κ1) is 19.5. The maximum atomic E-state index is 10.3. The molecule has 2 N–H and O–H groups in total. The second-order valence-electron chi connectivity index (χ2n) is 6.90. The molecule has 1 heterocycles. The third-order valence-electron chi connectivity index (χ3n) is 5.28. The summed E-state index contributed by atoms with van der Waals surface area (Å²) in [7, 11) is 0. The summed E-state index contributed by atoms with van der Waals surface area (Å²) >= 11 is -2.30. The normalized spacial score (nSPS) is 20.1. The van der Waals surface area contributed by atoms with Crippen LogP contribution in [-0.2, 0) is 0 Å². The van der Waals surface area contributed by atoms with Crippen molar-refractivity contribution >= 4 is 18.4 Å². The van der Waals surface area contributed by atoms with Gasteiger partial charge in [0.15, 0.2) is 0 Å². The molecule has 124 valence electrons. The van der Waals surface area contributed by atoms with E-state index >= 15 is 0 Å². The Kier molecular flexibility index (Phi) is 9.54. The zero-order valence-electron chi connectivity index (χ0n) is 14.8. The van der Waals surface area contributed by atoms with Gasteiger partial charge in [0.2, 0.25) is 0 Å². The van der Waals surface area contributed by atoms with Gasteiger partial charge in [-0.15, -0.1) is 0 Å². The SMILES string of the molecule is CCC[CH2][Sn]([CH2]CCC)([CH2]CCC)[C]1=C(C)C(O)CNC1. The van der Waals surface area contributed by atoms with Gasteiger partial charge in [0.1, 0.15) is 0 Å². The predicted octanol–water partition coefficient (Wildman–Crippen LogP) is 4.66. The summed E-state index contributed by atoms with van der Waals surface area (Å²) in [5, 5.41) is 13.8. The van der Waals surface area contributed by atoms with E-state index in [1.54, 1.807) is 3.59 Å². The second kappa shape index (κ2) is 10.3. The maximum absolute atomic E-state index is 10.3. The van der Waals surface area contributed by atoms with Crippen molar-refractivity contribution in [3.05, 3.63) is 9.16 Å². The van der Waals surface area contributed by atoms with Crippen molar-refractivity contribution in [2.45, 2.75) is 85.6 Å². The number of hydrogen-bond acceptors (Lipinski definition) is 2. The molecule has 1 aliphatic heterocycles. The molecule has 0 aromatic rings. The third-order valence-corrected chi connectivity index (χ3v) is 21.8. The fourth-order valence-corrected chi connectivity index (χ4v) is 21.6. The van der Waals surface area contributed by atoms with Crippen molar-refractivity contribution in [2.75, 3.05) is 13.1 Å². The number of rotatable bonds is 10. The Morgan fingerprint density at radius 2 is 1.48 bits per heavy atom. The van der Waals surface area contributed by atoms with Crippen LogP contribution >= 0.6 is 0 Å². The molecule has 0 saturated carbocycles. The summed E-state index contributed by atoms with van der Waals surface area (Å²) in [5.74, 6) is 0. The van der Waals surface area contributed by atoms with E-state index in [1.165, 1.54) is 57.4 Å². The number of aliphatic hydroxyl groups is 1. The Morgan fingerprint density at radius 3 is 1.90 bits per heavy atom. The van der Waals surface area contributed by atoms with E-state index in [2.05, 4.69) is 33.0 Å². The van der Waals surface area contributed by atoms with Crippen molar-refractivity contribution in [1.29, 1.82) is 0 Å². The van der Waals surface area contributed by atoms with Crippen LogP contribution in [0.2, 0.25) is 13.3 Å². The van der Waals surface area contributed by atoms with E-state index in [1.807, 2.05) is 0 Å². The molecule has 0 fully saturated rings. The van der Waals surface area contributed by atoms with Crippen molar-refractivity contribution in [3.8, 4) is 0 Å². The second-order valence-corrected chi connectivity index (χ2v) is 20.2. The van der Waals surface area contributed by atoms with E-state index in [0.29, 0.717) is 0 Å². The Bertz CT molecular complexity index is 305. The summed E-state index contributed by atoms with van der Waals surface area (Å²) in [6.07, 6.45) is 7.93. The average Bonchev–Trinajstić information content (AvgIpc) is 2.50. The van der Waals surface area contributed by atoms with Crippen LogP contribution in [0.4, 0.5) is 0 Å². The Labute approximate surface area is 136 Å². The number of unbranched alkanes of at least 4 members (excludes halogenated alkanes) is 3. The first-order valence-corrected chi connectivity index (χ1v) is 16.7. The minimum atomic E-state index is -2.30. The van der Waals surface area contributed by atoms with Crippen molar-refractivity contribution < 1.29 is 5.11 Å². The molecule has 21 heavy (non-hydrogen) atoms. The van der Waals surface area contributed by atoms with Crippen LogP contribution in [0.1, 0.15) is 66.2 Å². The quantitative estimate of drug-likeness (QED) is 0.522. The van der Waals surface area contributed by atoms with Gasteiger partial charge in [-0.3, -0.25) is 0 Å². The van der Waals surface area contributed by atoms with Crippen LogP contribution in [-0.4, -0.2) is 42.7 Å². The summed E-state index contributed by atoms with van der Waals surface area (Å²) in [6.45, 7) is 11.0. The van der Waals surface area contributed by atoms with Crippen LogP contribution in [0.3, 0.4) is 0 Å². The summed E-state index contributed by atoms with van der Waals surface area (Å²) in [5.41, 5.74) is 1.35. The fraction of sp³-hybridized carbons (Fsp3) is 0.889. The van der Waals surface area contributed by atoms with Gasteiger partial charge in [0.25, 0.3) is 0 Å². The van der Waals surface area contributed by atoms with E-state index < -0.39 is 18.4 Å². The molecule has 0 bridgehead atoms. The molecule has 0 spiro atoms. The molecular weight excluding hydrogens is 365 g/mol. The molecule has 0 amide bonds. The Balaban J connectivity index is 3.07. The first-order valence-electron chi connectivity index (χ1n) is 9.20. The standard InChI is InChI=1S/C6H10NO.3C4H9.Sn/c1-5-2-3-7-4-6(5)8;3*1-3-4-2;/h6-8H,3-4H2,1H3;3*1,3-4H2,2H3;. The minimum absolute atomic E-state index is 0.227. The molecule has 1 atom stereocenters. The van der Waals surface area contributed by atoms with Gasteiger partial charge < -0.3 is 0 Å². The van der Waals surface area contributed by atoms with Crippen LogP contribution in [0.5, 0.6) is 0 Å². The Hall–Kier alpha value is 0.459.